The molecule has 2 aliphatic rings. The van der Waals surface area contributed by atoms with Crippen LogP contribution in [0.25, 0.3) is 0 Å². The summed E-state index contributed by atoms with van der Waals surface area (Å²) in [4.78, 5) is 2.67. The van der Waals surface area contributed by atoms with E-state index >= 15 is 0 Å². The third kappa shape index (κ3) is 4.55. The third-order valence-electron chi connectivity index (χ3n) is 4.53. The number of piperidine rings is 1. The highest BCUT2D eigenvalue weighted by Gasteiger charge is 2.25. The second-order valence-corrected chi connectivity index (χ2v) is 7.21. The molecule has 2 heteroatoms. The summed E-state index contributed by atoms with van der Waals surface area (Å²) in [5.74, 6) is 2.63. The maximum atomic E-state index is 3.86. The van der Waals surface area contributed by atoms with Crippen LogP contribution in [0, 0.1) is 17.8 Å². The van der Waals surface area contributed by atoms with E-state index in [4.69, 9.17) is 0 Å². The van der Waals surface area contributed by atoms with Gasteiger partial charge < -0.3 is 10.2 Å². The molecule has 1 N–H and O–H groups in total. The fourth-order valence-electron chi connectivity index (χ4n) is 3.82. The summed E-state index contributed by atoms with van der Waals surface area (Å²) in [7, 11) is 0. The van der Waals surface area contributed by atoms with Crippen molar-refractivity contribution >= 4 is 0 Å². The molecule has 2 rings (SSSR count). The predicted octanol–water partition coefficient (Wildman–Crippen LogP) is 3.13. The average Bonchev–Trinajstić information content (AvgIpc) is 2.77. The minimum Gasteiger partial charge on any atom is -0.312 e. The zero-order valence-corrected chi connectivity index (χ0v) is 12.6. The first-order valence-electron chi connectivity index (χ1n) is 8.09. The van der Waals surface area contributed by atoms with Crippen molar-refractivity contribution in [1.82, 2.24) is 10.2 Å². The second kappa shape index (κ2) is 6.91. The van der Waals surface area contributed by atoms with Crippen molar-refractivity contribution in [2.45, 2.75) is 58.9 Å². The first kappa shape index (κ1) is 14.3. The quantitative estimate of drug-likeness (QED) is 0.809. The molecule has 18 heavy (non-hydrogen) atoms. The first-order chi connectivity index (χ1) is 8.63. The van der Waals surface area contributed by atoms with Crippen LogP contribution in [-0.4, -0.2) is 37.1 Å². The Morgan fingerprint density at radius 3 is 2.56 bits per heavy atom. The van der Waals surface area contributed by atoms with E-state index < -0.39 is 0 Å². The highest BCUT2D eigenvalue weighted by Crippen LogP contribution is 2.24. The molecule has 2 nitrogen and oxygen atoms in total. The summed E-state index contributed by atoms with van der Waals surface area (Å²) in [5, 5.41) is 3.86. The Bertz CT molecular complexity index is 231. The number of hydrogen-bond acceptors (Lipinski definition) is 2. The maximum Gasteiger partial charge on any atom is 0.0198 e. The molecule has 2 fully saturated rings. The summed E-state index contributed by atoms with van der Waals surface area (Å²) in [6, 6.07) is 0.744. The van der Waals surface area contributed by atoms with Gasteiger partial charge in [0.05, 0.1) is 0 Å². The van der Waals surface area contributed by atoms with Crippen molar-refractivity contribution in [3.8, 4) is 0 Å². The van der Waals surface area contributed by atoms with Gasteiger partial charge in [-0.2, -0.15) is 0 Å². The molecule has 0 aromatic rings. The Morgan fingerprint density at radius 2 is 1.89 bits per heavy atom. The van der Waals surface area contributed by atoms with Gasteiger partial charge in [0.15, 0.2) is 0 Å². The molecule has 1 aliphatic carbocycles. The van der Waals surface area contributed by atoms with Crippen LogP contribution in [0.2, 0.25) is 0 Å². The van der Waals surface area contributed by atoms with Crippen LogP contribution >= 0.6 is 0 Å². The Morgan fingerprint density at radius 1 is 1.17 bits per heavy atom. The lowest BCUT2D eigenvalue weighted by atomic mass is 9.94. The minimum absolute atomic E-state index is 0.744. The van der Waals surface area contributed by atoms with Gasteiger partial charge in [-0.25, -0.2) is 0 Å². The summed E-state index contributed by atoms with van der Waals surface area (Å²) in [6.45, 7) is 12.2. The van der Waals surface area contributed by atoms with E-state index in [9.17, 15) is 0 Å². The summed E-state index contributed by atoms with van der Waals surface area (Å²) >= 11 is 0. The van der Waals surface area contributed by atoms with Crippen LogP contribution in [0.1, 0.15) is 52.9 Å². The van der Waals surface area contributed by atoms with Crippen molar-refractivity contribution < 1.29 is 0 Å². The monoisotopic (exact) mass is 252 g/mol. The van der Waals surface area contributed by atoms with Gasteiger partial charge in [0, 0.05) is 25.7 Å². The molecule has 106 valence electrons. The first-order valence-corrected chi connectivity index (χ1v) is 8.09. The van der Waals surface area contributed by atoms with E-state index in [1.54, 1.807) is 0 Å². The lowest BCUT2D eigenvalue weighted by Crippen LogP contribution is -2.50. The van der Waals surface area contributed by atoms with Gasteiger partial charge in [0.25, 0.3) is 0 Å². The van der Waals surface area contributed by atoms with Gasteiger partial charge in [-0.3, -0.25) is 0 Å². The van der Waals surface area contributed by atoms with Crippen molar-refractivity contribution in [3.63, 3.8) is 0 Å². The van der Waals surface area contributed by atoms with Crippen LogP contribution in [-0.2, 0) is 0 Å². The van der Waals surface area contributed by atoms with Gasteiger partial charge in [-0.05, 0) is 43.6 Å². The van der Waals surface area contributed by atoms with E-state index in [1.807, 2.05) is 0 Å². The van der Waals surface area contributed by atoms with Gasteiger partial charge in [-0.1, -0.05) is 33.6 Å². The van der Waals surface area contributed by atoms with Crippen LogP contribution < -0.4 is 5.32 Å². The van der Waals surface area contributed by atoms with E-state index in [0.29, 0.717) is 0 Å². The van der Waals surface area contributed by atoms with Gasteiger partial charge in [0.1, 0.15) is 0 Å². The number of nitrogens with one attached hydrogen (secondary N) is 1. The van der Waals surface area contributed by atoms with E-state index in [1.165, 1.54) is 58.3 Å². The van der Waals surface area contributed by atoms with Crippen LogP contribution in [0.5, 0.6) is 0 Å². The third-order valence-corrected chi connectivity index (χ3v) is 4.53. The standard InChI is InChI=1S/C16H32N2/c1-13(2)10-18-11-14(3)8-16(12-18)17-9-15-6-4-5-7-15/h13-17H,4-12H2,1-3H3. The maximum absolute atomic E-state index is 3.86. The molecular formula is C16H32N2. The Hall–Kier alpha value is -0.0800. The summed E-state index contributed by atoms with van der Waals surface area (Å²) in [5.41, 5.74) is 0. The number of rotatable bonds is 5. The van der Waals surface area contributed by atoms with Crippen LogP contribution in [0.3, 0.4) is 0 Å². The molecule has 0 bridgehead atoms. The Labute approximate surface area is 114 Å². The van der Waals surface area contributed by atoms with Gasteiger partial charge >= 0.3 is 0 Å². The predicted molar refractivity (Wildman–Crippen MR) is 78.8 cm³/mol. The summed E-state index contributed by atoms with van der Waals surface area (Å²) in [6.07, 6.45) is 7.23. The molecule has 1 aliphatic heterocycles. The number of nitrogens with zero attached hydrogens (tertiary/aromatic N) is 1. The van der Waals surface area contributed by atoms with E-state index in [-0.39, 0.29) is 0 Å². The Balaban J connectivity index is 1.73. The highest BCUT2D eigenvalue weighted by molar-refractivity contribution is 4.83. The molecule has 0 amide bonds. The van der Waals surface area contributed by atoms with Crippen LogP contribution in [0.4, 0.5) is 0 Å². The molecule has 0 radical (unpaired) electrons. The van der Waals surface area contributed by atoms with Crippen molar-refractivity contribution in [2.24, 2.45) is 17.8 Å². The fraction of sp³-hybridized carbons (Fsp3) is 1.00. The zero-order valence-electron chi connectivity index (χ0n) is 12.6. The van der Waals surface area contributed by atoms with Crippen molar-refractivity contribution in [3.05, 3.63) is 0 Å². The molecular weight excluding hydrogens is 220 g/mol. The fourth-order valence-corrected chi connectivity index (χ4v) is 3.82. The lowest BCUT2D eigenvalue weighted by Gasteiger charge is -2.38. The number of hydrogen-bond donors (Lipinski definition) is 1. The number of likely N-dealkylation sites (tertiary alicyclic amines) is 1. The van der Waals surface area contributed by atoms with Gasteiger partial charge in [-0.15, -0.1) is 0 Å². The Kier molecular flexibility index (Phi) is 5.50. The lowest BCUT2D eigenvalue weighted by molar-refractivity contribution is 0.133. The van der Waals surface area contributed by atoms with E-state index in [0.717, 1.165) is 23.8 Å². The average molecular weight is 252 g/mol. The van der Waals surface area contributed by atoms with Gasteiger partial charge in [0.2, 0.25) is 0 Å². The normalized spacial score (nSPS) is 31.3. The molecule has 0 spiro atoms. The van der Waals surface area contributed by atoms with Crippen LogP contribution in [0.15, 0.2) is 0 Å². The zero-order chi connectivity index (χ0) is 13.0. The molecule has 0 aromatic carbocycles. The van der Waals surface area contributed by atoms with Crippen molar-refractivity contribution in [1.29, 1.82) is 0 Å². The SMILES string of the molecule is CC(C)CN1CC(C)CC(NCC2CCCC2)C1. The molecule has 2 atom stereocenters. The van der Waals surface area contributed by atoms with Crippen molar-refractivity contribution in [2.75, 3.05) is 26.2 Å². The minimum atomic E-state index is 0.744. The molecule has 1 heterocycles. The molecule has 1 saturated carbocycles. The van der Waals surface area contributed by atoms with E-state index in [2.05, 4.69) is 31.0 Å². The summed E-state index contributed by atoms with van der Waals surface area (Å²) < 4.78 is 0. The topological polar surface area (TPSA) is 15.3 Å². The molecule has 0 aromatic heterocycles. The molecule has 1 saturated heterocycles. The largest absolute Gasteiger partial charge is 0.312 e. The highest BCUT2D eigenvalue weighted by atomic mass is 15.2. The molecule has 2 unspecified atom stereocenters. The smallest absolute Gasteiger partial charge is 0.0198 e. The second-order valence-electron chi connectivity index (χ2n) is 7.21.